The molecule has 0 bridgehead atoms. The number of hydrogen-bond donors (Lipinski definition) is 2. The number of carbonyl (C=O) groups is 2. The molecule has 0 unspecified atom stereocenters. The zero-order valence-electron chi connectivity index (χ0n) is 10.6. The van der Waals surface area contributed by atoms with E-state index in [0.717, 1.165) is 3.57 Å². The number of likely N-dealkylation sites (tertiary alicyclic amines) is 1. The van der Waals surface area contributed by atoms with Crippen LogP contribution in [0.2, 0.25) is 5.02 Å². The lowest BCUT2D eigenvalue weighted by Crippen LogP contribution is -2.44. The molecule has 1 heterocycles. The molecule has 0 aromatic heterocycles. The number of carbonyl (C=O) groups excluding carboxylic acids is 1. The Morgan fingerprint density at radius 1 is 1.45 bits per heavy atom. The van der Waals surface area contributed by atoms with Crippen molar-refractivity contribution in [1.29, 1.82) is 0 Å². The first-order chi connectivity index (χ1) is 9.47. The molecule has 0 saturated carbocycles. The minimum absolute atomic E-state index is 0.255. The maximum Gasteiger partial charge on any atom is 0.321 e. The molecule has 1 aromatic carbocycles. The third-order valence-electron chi connectivity index (χ3n) is 3.23. The molecule has 1 aliphatic rings. The van der Waals surface area contributed by atoms with E-state index < -0.39 is 11.9 Å². The molecule has 1 aromatic rings. The number of amides is 2. The van der Waals surface area contributed by atoms with Gasteiger partial charge in [0.15, 0.2) is 0 Å². The summed E-state index contributed by atoms with van der Waals surface area (Å²) in [5, 5.41) is 12.4. The van der Waals surface area contributed by atoms with E-state index in [4.69, 9.17) is 16.7 Å². The van der Waals surface area contributed by atoms with Crippen LogP contribution in [0.4, 0.5) is 10.5 Å². The number of halogens is 2. The fourth-order valence-electron chi connectivity index (χ4n) is 2.15. The van der Waals surface area contributed by atoms with Gasteiger partial charge in [-0.2, -0.15) is 0 Å². The van der Waals surface area contributed by atoms with E-state index in [1.165, 1.54) is 0 Å². The number of anilines is 1. The number of nitrogens with one attached hydrogen (secondary N) is 1. The molecule has 1 aliphatic heterocycles. The molecule has 0 radical (unpaired) electrons. The highest BCUT2D eigenvalue weighted by Crippen LogP contribution is 2.23. The predicted molar refractivity (Wildman–Crippen MR) is 85.1 cm³/mol. The van der Waals surface area contributed by atoms with Gasteiger partial charge in [-0.05, 0) is 53.6 Å². The van der Waals surface area contributed by atoms with Crippen LogP contribution in [0.15, 0.2) is 18.2 Å². The summed E-state index contributed by atoms with van der Waals surface area (Å²) in [6, 6.07) is 4.93. The lowest BCUT2D eigenvalue weighted by atomic mass is 9.99. The molecule has 0 aliphatic carbocycles. The maximum atomic E-state index is 12.2. The first-order valence-corrected chi connectivity index (χ1v) is 7.67. The van der Waals surface area contributed by atoms with Crippen molar-refractivity contribution in [2.45, 2.75) is 12.8 Å². The van der Waals surface area contributed by atoms with Gasteiger partial charge in [0.1, 0.15) is 0 Å². The second-order valence-corrected chi connectivity index (χ2v) is 6.28. The summed E-state index contributed by atoms with van der Waals surface area (Å²) in [5.74, 6) is -1.32. The Morgan fingerprint density at radius 2 is 2.20 bits per heavy atom. The molecule has 7 heteroatoms. The lowest BCUT2D eigenvalue weighted by Gasteiger charge is -2.30. The van der Waals surface area contributed by atoms with Crippen molar-refractivity contribution in [2.75, 3.05) is 18.4 Å². The predicted octanol–water partition coefficient (Wildman–Crippen LogP) is 3.27. The molecule has 2 N–H and O–H groups in total. The van der Waals surface area contributed by atoms with Crippen molar-refractivity contribution >= 4 is 51.9 Å². The minimum Gasteiger partial charge on any atom is -0.481 e. The number of urea groups is 1. The molecule has 0 spiro atoms. The highest BCUT2D eigenvalue weighted by molar-refractivity contribution is 14.1. The molecule has 2 amide bonds. The normalized spacial score (nSPS) is 18.7. The zero-order chi connectivity index (χ0) is 14.7. The summed E-state index contributed by atoms with van der Waals surface area (Å²) in [6.07, 6.45) is 1.33. The summed E-state index contributed by atoms with van der Waals surface area (Å²) >= 11 is 7.96. The smallest absolute Gasteiger partial charge is 0.321 e. The molecular formula is C13H14ClIN2O3. The van der Waals surface area contributed by atoms with Gasteiger partial charge in [-0.15, -0.1) is 0 Å². The maximum absolute atomic E-state index is 12.2. The Morgan fingerprint density at radius 3 is 2.85 bits per heavy atom. The summed E-state index contributed by atoms with van der Waals surface area (Å²) < 4.78 is 0.843. The summed E-state index contributed by atoms with van der Waals surface area (Å²) in [7, 11) is 0. The molecular weight excluding hydrogens is 395 g/mol. The van der Waals surface area contributed by atoms with E-state index in [1.807, 2.05) is 0 Å². The van der Waals surface area contributed by atoms with Gasteiger partial charge in [-0.1, -0.05) is 11.6 Å². The lowest BCUT2D eigenvalue weighted by molar-refractivity contribution is -0.143. The van der Waals surface area contributed by atoms with Gasteiger partial charge in [0.2, 0.25) is 0 Å². The van der Waals surface area contributed by atoms with Gasteiger partial charge < -0.3 is 15.3 Å². The number of carboxylic acids is 1. The number of aliphatic carboxylic acids is 1. The molecule has 2 rings (SSSR count). The third-order valence-corrected chi connectivity index (χ3v) is 4.36. The highest BCUT2D eigenvalue weighted by Gasteiger charge is 2.28. The van der Waals surface area contributed by atoms with Crippen LogP contribution in [0.3, 0.4) is 0 Å². The van der Waals surface area contributed by atoms with E-state index >= 15 is 0 Å². The zero-order valence-corrected chi connectivity index (χ0v) is 13.5. The Labute approximate surface area is 135 Å². The quantitative estimate of drug-likeness (QED) is 0.738. The first kappa shape index (κ1) is 15.4. The largest absolute Gasteiger partial charge is 0.481 e. The summed E-state index contributed by atoms with van der Waals surface area (Å²) in [5.41, 5.74) is 0.678. The van der Waals surface area contributed by atoms with Crippen LogP contribution < -0.4 is 5.32 Å². The first-order valence-electron chi connectivity index (χ1n) is 6.21. The van der Waals surface area contributed by atoms with Crippen molar-refractivity contribution in [1.82, 2.24) is 4.90 Å². The average Bonchev–Trinajstić information content (AvgIpc) is 2.42. The number of piperidine rings is 1. The van der Waals surface area contributed by atoms with Crippen LogP contribution in [0.25, 0.3) is 0 Å². The highest BCUT2D eigenvalue weighted by atomic mass is 127. The molecule has 1 atom stereocenters. The van der Waals surface area contributed by atoms with E-state index in [2.05, 4.69) is 27.9 Å². The third kappa shape index (κ3) is 3.76. The van der Waals surface area contributed by atoms with Crippen molar-refractivity contribution in [3.8, 4) is 0 Å². The van der Waals surface area contributed by atoms with E-state index in [0.29, 0.717) is 30.1 Å². The average molecular weight is 409 g/mol. The molecule has 5 nitrogen and oxygen atoms in total. The van der Waals surface area contributed by atoms with Crippen molar-refractivity contribution < 1.29 is 14.7 Å². The topological polar surface area (TPSA) is 69.6 Å². The SMILES string of the molecule is O=C(O)[C@@H]1CCCN(C(=O)Nc2ccc(Cl)cc2I)C1. The summed E-state index contributed by atoms with van der Waals surface area (Å²) in [6.45, 7) is 0.838. The van der Waals surface area contributed by atoms with Crippen molar-refractivity contribution in [3.63, 3.8) is 0 Å². The van der Waals surface area contributed by atoms with Gasteiger partial charge in [0.05, 0.1) is 11.6 Å². The van der Waals surface area contributed by atoms with Gasteiger partial charge in [0.25, 0.3) is 0 Å². The number of benzene rings is 1. The molecule has 1 fully saturated rings. The second kappa shape index (κ2) is 6.62. The Balaban J connectivity index is 2.02. The van der Waals surface area contributed by atoms with Crippen LogP contribution in [-0.4, -0.2) is 35.1 Å². The number of rotatable bonds is 2. The molecule has 108 valence electrons. The standard InChI is InChI=1S/C13H14ClIN2O3/c14-9-3-4-11(10(15)6-9)16-13(20)17-5-1-2-8(7-17)12(18)19/h3-4,6,8H,1-2,5,7H2,(H,16,20)(H,18,19)/t8-/m1/s1. The fourth-order valence-corrected chi connectivity index (χ4v) is 3.15. The molecule has 20 heavy (non-hydrogen) atoms. The monoisotopic (exact) mass is 408 g/mol. The van der Waals surface area contributed by atoms with E-state index in [1.54, 1.807) is 23.1 Å². The number of nitrogens with zero attached hydrogens (tertiary/aromatic N) is 1. The number of carboxylic acid groups (broad SMARTS) is 1. The van der Waals surface area contributed by atoms with Gasteiger partial charge in [-0.25, -0.2) is 4.79 Å². The Kier molecular flexibility index (Phi) is 5.09. The Bertz CT molecular complexity index is 538. The Hall–Kier alpha value is -1.02. The summed E-state index contributed by atoms with van der Waals surface area (Å²) in [4.78, 5) is 24.7. The van der Waals surface area contributed by atoms with Crippen LogP contribution in [-0.2, 0) is 4.79 Å². The fraction of sp³-hybridized carbons (Fsp3) is 0.385. The van der Waals surface area contributed by atoms with Crippen LogP contribution in [0, 0.1) is 9.49 Å². The minimum atomic E-state index is -0.844. The van der Waals surface area contributed by atoms with Crippen LogP contribution in [0.5, 0.6) is 0 Å². The number of hydrogen-bond acceptors (Lipinski definition) is 2. The van der Waals surface area contributed by atoms with Crippen LogP contribution >= 0.6 is 34.2 Å². The van der Waals surface area contributed by atoms with Gasteiger partial charge in [0, 0.05) is 21.7 Å². The van der Waals surface area contributed by atoms with Crippen LogP contribution in [0.1, 0.15) is 12.8 Å². The van der Waals surface area contributed by atoms with E-state index in [9.17, 15) is 9.59 Å². The second-order valence-electron chi connectivity index (χ2n) is 4.68. The van der Waals surface area contributed by atoms with Gasteiger partial charge >= 0.3 is 12.0 Å². The van der Waals surface area contributed by atoms with E-state index in [-0.39, 0.29) is 12.6 Å². The van der Waals surface area contributed by atoms with Crippen molar-refractivity contribution in [2.24, 2.45) is 5.92 Å². The van der Waals surface area contributed by atoms with Gasteiger partial charge in [-0.3, -0.25) is 4.79 Å². The van der Waals surface area contributed by atoms with Crippen molar-refractivity contribution in [3.05, 3.63) is 26.8 Å². The molecule has 1 saturated heterocycles.